The number of para-hydroxylation sites is 1. The molecule has 1 aromatic heterocycles. The lowest BCUT2D eigenvalue weighted by Crippen LogP contribution is -2.57. The number of carbonyl (C=O) groups excluding carboxylic acids is 4. The molecule has 0 aliphatic carbocycles. The lowest BCUT2D eigenvalue weighted by Gasteiger charge is -2.38. The predicted molar refractivity (Wildman–Crippen MR) is 205 cm³/mol. The summed E-state index contributed by atoms with van der Waals surface area (Å²) in [5.41, 5.74) is 0.931. The molecule has 3 amide bonds. The molecule has 0 unspecified atom stereocenters. The Labute approximate surface area is 331 Å². The summed E-state index contributed by atoms with van der Waals surface area (Å²) in [6, 6.07) is 22.3. The van der Waals surface area contributed by atoms with Gasteiger partial charge in [-0.05, 0) is 35.8 Å². The third-order valence-corrected chi connectivity index (χ3v) is 11.7. The van der Waals surface area contributed by atoms with Crippen LogP contribution in [0.3, 0.4) is 0 Å². The van der Waals surface area contributed by atoms with Crippen molar-refractivity contribution in [1.82, 2.24) is 30.1 Å². The number of rotatable bonds is 8. The number of allylic oxidation sites excluding steroid dienone is 1. The van der Waals surface area contributed by atoms with Gasteiger partial charge in [-0.3, -0.25) is 19.2 Å². The van der Waals surface area contributed by atoms with E-state index in [9.17, 15) is 14.7 Å². The maximum Gasteiger partial charge on any atom is 0.313 e. The number of hydrogen-bond donors (Lipinski definition) is 2. The first-order valence-electron chi connectivity index (χ1n) is 18.6. The van der Waals surface area contributed by atoms with Crippen LogP contribution >= 0.6 is 15.9 Å². The Balaban J connectivity index is 1.27. The van der Waals surface area contributed by atoms with Crippen molar-refractivity contribution in [3.8, 4) is 0 Å². The number of fused-ring (bicyclic) bond motifs is 3. The van der Waals surface area contributed by atoms with Gasteiger partial charge in [-0.1, -0.05) is 106 Å². The summed E-state index contributed by atoms with van der Waals surface area (Å²) < 4.78 is 20.7. The molecule has 4 aliphatic heterocycles. The van der Waals surface area contributed by atoms with Gasteiger partial charge in [0.25, 0.3) is 5.91 Å². The Hall–Kier alpha value is -5.22. The summed E-state index contributed by atoms with van der Waals surface area (Å²) in [5.74, 6) is -4.43. The zero-order valence-corrected chi connectivity index (χ0v) is 32.1. The quantitative estimate of drug-likeness (QED) is 0.198. The van der Waals surface area contributed by atoms with Crippen molar-refractivity contribution >= 4 is 50.7 Å². The number of nitrogens with zero attached hydrogens (tertiary/aromatic N) is 5. The third-order valence-electron chi connectivity index (χ3n) is 11.1. The Morgan fingerprint density at radius 1 is 0.964 bits per heavy atom. The molecule has 2 saturated heterocycles. The van der Waals surface area contributed by atoms with Gasteiger partial charge in [0, 0.05) is 24.6 Å². The zero-order chi connectivity index (χ0) is 39.0. The van der Waals surface area contributed by atoms with Gasteiger partial charge >= 0.3 is 5.97 Å². The molecule has 290 valence electrons. The summed E-state index contributed by atoms with van der Waals surface area (Å²) in [6.07, 6.45) is 3.86. The maximum absolute atomic E-state index is 15.4. The van der Waals surface area contributed by atoms with Crippen molar-refractivity contribution in [1.29, 1.82) is 0 Å². The first-order valence-corrected chi connectivity index (χ1v) is 19.3. The monoisotopic (exact) mass is 824 g/mol. The van der Waals surface area contributed by atoms with Crippen LogP contribution in [0.4, 0.5) is 0 Å². The topological polar surface area (TPSA) is 165 Å². The standard InChI is InChI=1S/C41H41BrN6O8/c1-54-23-29-35(26-15-7-3-8-16-26)55-40(53)33-34-38(51)48(31(22-49)25-13-5-2-6-14-25)37(41(34)21-27(42)36(33)56-41)39(52)46(20-12-4-9-19-32(50)43-29)24-47-30-18-11-10-17-28(30)44-45-47/h2-8,10-18,21,29,31,33-37,49H,9,19-20,22-24H2,1H3,(H,43,50)/b12-4-/t29-,31+,33+,34-,35-,36+,37+,41-/m0/s1. The van der Waals surface area contributed by atoms with Gasteiger partial charge in [0.1, 0.15) is 42.0 Å². The average molecular weight is 826 g/mol. The van der Waals surface area contributed by atoms with E-state index in [1.807, 2.05) is 42.5 Å². The molecule has 56 heavy (non-hydrogen) atoms. The van der Waals surface area contributed by atoms with E-state index >= 15 is 9.59 Å². The second-order valence-corrected chi connectivity index (χ2v) is 15.3. The fraction of sp³-hybridized carbons (Fsp3) is 0.366. The zero-order valence-electron chi connectivity index (χ0n) is 30.5. The summed E-state index contributed by atoms with van der Waals surface area (Å²) in [4.78, 5) is 61.6. The number of halogens is 1. The molecule has 0 saturated carbocycles. The van der Waals surface area contributed by atoms with Crippen LogP contribution in [0.5, 0.6) is 0 Å². The molecule has 0 radical (unpaired) electrons. The van der Waals surface area contributed by atoms with Crippen LogP contribution in [0, 0.1) is 11.8 Å². The Morgan fingerprint density at radius 2 is 1.70 bits per heavy atom. The minimum atomic E-state index is -1.62. The van der Waals surface area contributed by atoms with Gasteiger partial charge in [0.05, 0.1) is 36.7 Å². The van der Waals surface area contributed by atoms with E-state index in [0.29, 0.717) is 33.1 Å². The number of nitrogens with one attached hydrogen (secondary N) is 1. The van der Waals surface area contributed by atoms with Crippen molar-refractivity contribution in [2.45, 2.75) is 55.4 Å². The number of methoxy groups -OCH3 is 1. The van der Waals surface area contributed by atoms with Crippen LogP contribution in [0.25, 0.3) is 11.0 Å². The van der Waals surface area contributed by atoms with E-state index in [4.69, 9.17) is 14.2 Å². The number of benzene rings is 3. The molecular formula is C41H41BrN6O8. The van der Waals surface area contributed by atoms with E-state index in [1.54, 1.807) is 70.3 Å². The number of likely N-dealkylation sites (tertiary alicyclic amines) is 1. The molecule has 2 N–H and O–H groups in total. The van der Waals surface area contributed by atoms with Gasteiger partial charge in [0.15, 0.2) is 0 Å². The smallest absolute Gasteiger partial charge is 0.313 e. The number of carbonyl (C=O) groups is 4. The number of aliphatic hydroxyl groups is 1. The minimum Gasteiger partial charge on any atom is -0.455 e. The van der Waals surface area contributed by atoms with Crippen molar-refractivity contribution < 1.29 is 38.5 Å². The second kappa shape index (κ2) is 15.7. The molecule has 5 bridgehead atoms. The first kappa shape index (κ1) is 37.7. The van der Waals surface area contributed by atoms with Gasteiger partial charge in [-0.15, -0.1) is 5.10 Å². The molecule has 5 heterocycles. The molecule has 15 heteroatoms. The Bertz CT molecular complexity index is 2180. The molecule has 4 aromatic rings. The molecule has 4 aliphatic rings. The van der Waals surface area contributed by atoms with Crippen molar-refractivity contribution in [3.63, 3.8) is 0 Å². The highest BCUT2D eigenvalue weighted by molar-refractivity contribution is 9.11. The van der Waals surface area contributed by atoms with Gasteiger partial charge < -0.3 is 34.4 Å². The summed E-state index contributed by atoms with van der Waals surface area (Å²) >= 11 is 3.63. The van der Waals surface area contributed by atoms with E-state index < -0.39 is 72.2 Å². The third kappa shape index (κ3) is 6.61. The van der Waals surface area contributed by atoms with Gasteiger partial charge in [0.2, 0.25) is 11.8 Å². The predicted octanol–water partition coefficient (Wildman–Crippen LogP) is 3.59. The number of aliphatic hydroxyl groups excluding tert-OH is 1. The molecule has 1 spiro atoms. The van der Waals surface area contributed by atoms with E-state index in [0.717, 1.165) is 0 Å². The van der Waals surface area contributed by atoms with Crippen molar-refractivity contribution in [2.24, 2.45) is 11.8 Å². The van der Waals surface area contributed by atoms with Crippen LogP contribution in [-0.2, 0) is 40.1 Å². The van der Waals surface area contributed by atoms with Crippen LogP contribution in [-0.4, -0.2) is 104 Å². The number of aromatic nitrogens is 3. The number of esters is 1. The van der Waals surface area contributed by atoms with Crippen molar-refractivity contribution in [3.05, 3.63) is 119 Å². The summed E-state index contributed by atoms with van der Waals surface area (Å²) in [5, 5.41) is 22.6. The first-order chi connectivity index (χ1) is 27.3. The highest BCUT2D eigenvalue weighted by atomic mass is 79.9. The van der Waals surface area contributed by atoms with Crippen LogP contribution in [0.15, 0.2) is 108 Å². The minimum absolute atomic E-state index is 0.0282. The fourth-order valence-corrected chi connectivity index (χ4v) is 9.31. The largest absolute Gasteiger partial charge is 0.455 e. The highest BCUT2D eigenvalue weighted by Gasteiger charge is 2.75. The van der Waals surface area contributed by atoms with Gasteiger partial charge in [-0.25, -0.2) is 4.68 Å². The molecule has 3 aromatic carbocycles. The highest BCUT2D eigenvalue weighted by Crippen LogP contribution is 2.60. The number of ether oxygens (including phenoxy) is 3. The summed E-state index contributed by atoms with van der Waals surface area (Å²) in [6.45, 7) is -0.449. The summed E-state index contributed by atoms with van der Waals surface area (Å²) in [7, 11) is 1.50. The van der Waals surface area contributed by atoms with Crippen LogP contribution in [0.2, 0.25) is 0 Å². The molecule has 2 fully saturated rings. The van der Waals surface area contributed by atoms with E-state index in [2.05, 4.69) is 31.6 Å². The average Bonchev–Trinajstić information content (AvgIpc) is 3.94. The lowest BCUT2D eigenvalue weighted by molar-refractivity contribution is -0.163. The molecular weight excluding hydrogens is 784 g/mol. The normalized spacial score (nSPS) is 29.2. The second-order valence-electron chi connectivity index (χ2n) is 14.4. The fourth-order valence-electron chi connectivity index (χ4n) is 8.57. The maximum atomic E-state index is 15.4. The number of amides is 3. The Kier molecular flexibility index (Phi) is 10.6. The van der Waals surface area contributed by atoms with Gasteiger partial charge in [-0.2, -0.15) is 0 Å². The van der Waals surface area contributed by atoms with Crippen LogP contribution < -0.4 is 5.32 Å². The number of hydrogen-bond acceptors (Lipinski definition) is 10. The van der Waals surface area contributed by atoms with E-state index in [1.165, 1.54) is 12.0 Å². The molecule has 8 atom stereocenters. The molecule has 8 rings (SSSR count). The van der Waals surface area contributed by atoms with Crippen molar-refractivity contribution in [2.75, 3.05) is 26.9 Å². The lowest BCUT2D eigenvalue weighted by atomic mass is 9.74. The molecule has 14 nitrogen and oxygen atoms in total. The number of cyclic esters (lactones) is 1. The van der Waals surface area contributed by atoms with Crippen LogP contribution in [0.1, 0.15) is 36.1 Å². The van der Waals surface area contributed by atoms with E-state index in [-0.39, 0.29) is 32.1 Å². The SMILES string of the molecule is COC[C@@H]1NC(=O)CC/C=C\CN(Cn2nnc3ccccc32)C(=O)[C@H]2N([C@H](CO)c3ccccc3)C(=O)[C@@H]3[C@@H](C(=O)O[C@H]1c1ccccc1)[C@@H]1O[C@@]32C=C1Br. The Morgan fingerprint density at radius 3 is 2.45 bits per heavy atom.